The van der Waals surface area contributed by atoms with Crippen LogP contribution in [0.25, 0.3) is 5.65 Å². The molecule has 8 heteroatoms. The molecule has 0 spiro atoms. The lowest BCUT2D eigenvalue weighted by atomic mass is 10.3. The summed E-state index contributed by atoms with van der Waals surface area (Å²) in [6.45, 7) is 0.237. The summed E-state index contributed by atoms with van der Waals surface area (Å²) in [6.07, 6.45) is 4.18. The number of hydrogen-bond donors (Lipinski definition) is 1. The third kappa shape index (κ3) is 3.53. The molecule has 24 heavy (non-hydrogen) atoms. The molecule has 0 radical (unpaired) electrons. The van der Waals surface area contributed by atoms with E-state index >= 15 is 0 Å². The number of imidazole rings is 1. The van der Waals surface area contributed by atoms with Gasteiger partial charge in [-0.05, 0) is 30.3 Å². The highest BCUT2D eigenvalue weighted by atomic mass is 35.5. The van der Waals surface area contributed by atoms with E-state index in [0.717, 1.165) is 5.69 Å². The van der Waals surface area contributed by atoms with Crippen LogP contribution >= 0.6 is 11.6 Å². The van der Waals surface area contributed by atoms with Gasteiger partial charge >= 0.3 is 0 Å². The van der Waals surface area contributed by atoms with Gasteiger partial charge in [0.05, 0.1) is 17.7 Å². The fourth-order valence-corrected chi connectivity index (χ4v) is 3.68. The number of halogens is 1. The van der Waals surface area contributed by atoms with Crippen LogP contribution in [0.2, 0.25) is 5.02 Å². The van der Waals surface area contributed by atoms with Crippen molar-refractivity contribution in [2.75, 3.05) is 13.7 Å². The Kier molecular flexibility index (Phi) is 4.75. The summed E-state index contributed by atoms with van der Waals surface area (Å²) in [4.78, 5) is 4.62. The molecule has 1 N–H and O–H groups in total. The lowest BCUT2D eigenvalue weighted by Crippen LogP contribution is -2.26. The van der Waals surface area contributed by atoms with Crippen molar-refractivity contribution >= 4 is 27.3 Å². The van der Waals surface area contributed by atoms with E-state index in [1.54, 1.807) is 19.2 Å². The van der Waals surface area contributed by atoms with Crippen LogP contribution in [0.3, 0.4) is 0 Å². The third-order valence-electron chi connectivity index (χ3n) is 3.50. The van der Waals surface area contributed by atoms with Gasteiger partial charge < -0.3 is 9.14 Å². The van der Waals surface area contributed by atoms with Crippen LogP contribution in [0.1, 0.15) is 5.69 Å². The average molecular weight is 366 g/mol. The second-order valence-corrected chi connectivity index (χ2v) is 7.35. The molecule has 2 heterocycles. The Morgan fingerprint density at radius 3 is 2.88 bits per heavy atom. The molecule has 0 saturated carbocycles. The number of sulfonamides is 1. The van der Waals surface area contributed by atoms with Gasteiger partial charge in [0.25, 0.3) is 0 Å². The molecular weight excluding hydrogens is 350 g/mol. The summed E-state index contributed by atoms with van der Waals surface area (Å²) < 4.78 is 34.1. The molecule has 0 fully saturated rings. The first kappa shape index (κ1) is 16.8. The molecule has 0 bridgehead atoms. The Balaban J connectivity index is 1.70. The van der Waals surface area contributed by atoms with Gasteiger partial charge in [0, 0.05) is 30.4 Å². The van der Waals surface area contributed by atoms with Crippen molar-refractivity contribution in [2.24, 2.45) is 0 Å². The summed E-state index contributed by atoms with van der Waals surface area (Å²) in [7, 11) is -2.00. The topological polar surface area (TPSA) is 72.7 Å². The highest BCUT2D eigenvalue weighted by Crippen LogP contribution is 2.18. The maximum atomic E-state index is 12.2. The molecule has 3 rings (SSSR count). The molecule has 0 atom stereocenters. The number of rotatable bonds is 6. The number of pyridine rings is 1. The number of benzene rings is 1. The molecular formula is C16H16ClN3O3S. The average Bonchev–Trinajstić information content (AvgIpc) is 2.97. The fraction of sp³-hybridized carbons (Fsp3) is 0.188. The SMILES string of the molecule is COc1cccn2cc(CCNS(=O)(=O)c3cccc(Cl)c3)nc12. The second-order valence-electron chi connectivity index (χ2n) is 5.14. The predicted octanol–water partition coefficient (Wildman–Crippen LogP) is 2.52. The number of hydrogen-bond acceptors (Lipinski definition) is 4. The van der Waals surface area contributed by atoms with Crippen LogP contribution in [-0.2, 0) is 16.4 Å². The Morgan fingerprint density at radius 1 is 1.29 bits per heavy atom. The monoisotopic (exact) mass is 365 g/mol. The lowest BCUT2D eigenvalue weighted by molar-refractivity contribution is 0.417. The smallest absolute Gasteiger partial charge is 0.240 e. The Labute approximate surface area is 145 Å². The summed E-state index contributed by atoms with van der Waals surface area (Å²) >= 11 is 5.84. The van der Waals surface area contributed by atoms with E-state index in [-0.39, 0.29) is 11.4 Å². The molecule has 0 saturated heterocycles. The first-order valence-corrected chi connectivity index (χ1v) is 9.11. The third-order valence-corrected chi connectivity index (χ3v) is 5.19. The van der Waals surface area contributed by atoms with Gasteiger partial charge in [-0.2, -0.15) is 0 Å². The number of aromatic nitrogens is 2. The van der Waals surface area contributed by atoms with Crippen LogP contribution < -0.4 is 9.46 Å². The molecule has 3 aromatic rings. The summed E-state index contributed by atoms with van der Waals surface area (Å²) in [5.41, 5.74) is 1.47. The van der Waals surface area contributed by atoms with Crippen molar-refractivity contribution in [1.82, 2.24) is 14.1 Å². The summed E-state index contributed by atoms with van der Waals surface area (Å²) in [5.74, 6) is 0.670. The zero-order valence-corrected chi connectivity index (χ0v) is 14.5. The van der Waals surface area contributed by atoms with Gasteiger partial charge in [-0.15, -0.1) is 0 Å². The molecule has 0 aliphatic carbocycles. The van der Waals surface area contributed by atoms with E-state index in [2.05, 4.69) is 9.71 Å². The first-order valence-electron chi connectivity index (χ1n) is 7.25. The first-order chi connectivity index (χ1) is 11.5. The molecule has 0 amide bonds. The zero-order chi connectivity index (χ0) is 17.2. The van der Waals surface area contributed by atoms with Gasteiger partial charge in [-0.1, -0.05) is 17.7 Å². The van der Waals surface area contributed by atoms with Gasteiger partial charge in [0.2, 0.25) is 10.0 Å². The highest BCUT2D eigenvalue weighted by Gasteiger charge is 2.14. The van der Waals surface area contributed by atoms with Crippen LogP contribution in [-0.4, -0.2) is 31.5 Å². The van der Waals surface area contributed by atoms with Gasteiger partial charge in [0.15, 0.2) is 11.4 Å². The fourth-order valence-electron chi connectivity index (χ4n) is 2.35. The van der Waals surface area contributed by atoms with E-state index < -0.39 is 10.0 Å². The van der Waals surface area contributed by atoms with Crippen molar-refractivity contribution < 1.29 is 13.2 Å². The van der Waals surface area contributed by atoms with Crippen molar-refractivity contribution in [1.29, 1.82) is 0 Å². The van der Waals surface area contributed by atoms with Crippen LogP contribution in [0, 0.1) is 0 Å². The highest BCUT2D eigenvalue weighted by molar-refractivity contribution is 7.89. The summed E-state index contributed by atoms with van der Waals surface area (Å²) in [5, 5.41) is 0.380. The normalized spacial score (nSPS) is 11.8. The molecule has 6 nitrogen and oxygen atoms in total. The number of nitrogens with zero attached hydrogens (tertiary/aromatic N) is 2. The number of nitrogens with one attached hydrogen (secondary N) is 1. The Hall–Kier alpha value is -2.09. The number of ether oxygens (including phenoxy) is 1. The Bertz CT molecular complexity index is 970. The maximum Gasteiger partial charge on any atom is 0.240 e. The molecule has 2 aromatic heterocycles. The minimum absolute atomic E-state index is 0.145. The predicted molar refractivity (Wildman–Crippen MR) is 92.1 cm³/mol. The molecule has 0 aliphatic heterocycles. The molecule has 126 valence electrons. The maximum absolute atomic E-state index is 12.2. The van der Waals surface area contributed by atoms with Crippen molar-refractivity contribution in [3.63, 3.8) is 0 Å². The molecule has 1 aromatic carbocycles. The van der Waals surface area contributed by atoms with Crippen molar-refractivity contribution in [3.8, 4) is 5.75 Å². The van der Waals surface area contributed by atoms with Crippen molar-refractivity contribution in [3.05, 3.63) is 59.5 Å². The van der Waals surface area contributed by atoms with E-state index in [0.29, 0.717) is 22.8 Å². The summed E-state index contributed by atoms with van der Waals surface area (Å²) in [6, 6.07) is 9.84. The number of methoxy groups -OCH3 is 1. The minimum Gasteiger partial charge on any atom is -0.493 e. The Morgan fingerprint density at radius 2 is 2.12 bits per heavy atom. The largest absolute Gasteiger partial charge is 0.493 e. The zero-order valence-electron chi connectivity index (χ0n) is 12.9. The standard InChI is InChI=1S/C16H16ClN3O3S/c1-23-15-6-3-9-20-11-13(19-16(15)20)7-8-18-24(21,22)14-5-2-4-12(17)10-14/h2-6,9-11,18H,7-8H2,1H3. The number of fused-ring (bicyclic) bond motifs is 1. The van der Waals surface area contributed by atoms with Gasteiger partial charge in [-0.25, -0.2) is 18.1 Å². The van der Waals surface area contributed by atoms with Crippen molar-refractivity contribution in [2.45, 2.75) is 11.3 Å². The lowest BCUT2D eigenvalue weighted by Gasteiger charge is -2.06. The second kappa shape index (κ2) is 6.80. The van der Waals surface area contributed by atoms with Gasteiger partial charge in [-0.3, -0.25) is 0 Å². The quantitative estimate of drug-likeness (QED) is 0.728. The minimum atomic E-state index is -3.59. The van der Waals surface area contributed by atoms with E-state index in [1.165, 1.54) is 12.1 Å². The van der Waals surface area contributed by atoms with E-state index in [9.17, 15) is 8.42 Å². The van der Waals surface area contributed by atoms with E-state index in [1.807, 2.05) is 28.9 Å². The van der Waals surface area contributed by atoms with E-state index in [4.69, 9.17) is 16.3 Å². The van der Waals surface area contributed by atoms with Crippen LogP contribution in [0.5, 0.6) is 5.75 Å². The van der Waals surface area contributed by atoms with Crippen LogP contribution in [0.4, 0.5) is 0 Å². The molecule has 0 unspecified atom stereocenters. The molecule has 0 aliphatic rings. The van der Waals surface area contributed by atoms with Gasteiger partial charge in [0.1, 0.15) is 0 Å². The van der Waals surface area contributed by atoms with Crippen LogP contribution in [0.15, 0.2) is 53.7 Å².